The number of hydrogen-bond donors (Lipinski definition) is 2. The predicted octanol–water partition coefficient (Wildman–Crippen LogP) is 1.87. The quantitative estimate of drug-likeness (QED) is 0.663. The molecule has 0 fully saturated rings. The van der Waals surface area contributed by atoms with Crippen LogP contribution < -0.4 is 10.2 Å². The smallest absolute Gasteiger partial charge is 0.271 e. The largest absolute Gasteiger partial charge is 0.504 e. The van der Waals surface area contributed by atoms with Gasteiger partial charge in [-0.1, -0.05) is 6.07 Å². The Hall–Kier alpha value is -2.89. The lowest BCUT2D eigenvalue weighted by atomic mass is 10.2. The molecule has 0 unspecified atom stereocenters. The first kappa shape index (κ1) is 14.5. The van der Waals surface area contributed by atoms with Crippen LogP contribution >= 0.6 is 0 Å². The van der Waals surface area contributed by atoms with Crippen LogP contribution in [-0.2, 0) is 0 Å². The summed E-state index contributed by atoms with van der Waals surface area (Å²) >= 11 is 0. The van der Waals surface area contributed by atoms with Crippen LogP contribution in [0.5, 0.6) is 11.5 Å². The molecule has 0 atom stereocenters. The van der Waals surface area contributed by atoms with Gasteiger partial charge in [0.25, 0.3) is 5.91 Å². The molecule has 0 aliphatic carbocycles. The van der Waals surface area contributed by atoms with E-state index in [4.69, 9.17) is 4.74 Å². The number of nitrogens with one attached hydrogen (secondary N) is 1. The number of rotatable bonds is 4. The first-order valence-corrected chi connectivity index (χ1v) is 6.24. The Labute approximate surface area is 122 Å². The van der Waals surface area contributed by atoms with Crippen molar-refractivity contribution in [2.75, 3.05) is 7.11 Å². The van der Waals surface area contributed by atoms with Crippen molar-refractivity contribution < 1.29 is 14.6 Å². The molecule has 2 rings (SSSR count). The highest BCUT2D eigenvalue weighted by molar-refractivity contribution is 5.95. The first-order valence-electron chi connectivity index (χ1n) is 6.24. The van der Waals surface area contributed by atoms with Gasteiger partial charge in [0.15, 0.2) is 11.5 Å². The molecular weight excluding hydrogens is 270 g/mol. The number of hydrazone groups is 1. The monoisotopic (exact) mass is 285 g/mol. The number of aromatic hydroxyl groups is 1. The number of benzene rings is 1. The molecule has 1 heterocycles. The molecule has 0 radical (unpaired) electrons. The molecule has 0 bridgehead atoms. The van der Waals surface area contributed by atoms with E-state index in [1.54, 1.807) is 43.5 Å². The molecule has 0 spiro atoms. The number of para-hydroxylation sites is 1. The van der Waals surface area contributed by atoms with E-state index in [0.29, 0.717) is 16.9 Å². The fraction of sp³-hybridized carbons (Fsp3) is 0.133. The van der Waals surface area contributed by atoms with Gasteiger partial charge in [-0.25, -0.2) is 5.43 Å². The van der Waals surface area contributed by atoms with Crippen LogP contribution in [0.15, 0.2) is 41.6 Å². The second-order valence-electron chi connectivity index (χ2n) is 4.28. The van der Waals surface area contributed by atoms with Crippen LogP contribution in [0.25, 0.3) is 0 Å². The standard InChI is InChI=1S/C15H15N3O3/c1-10-8-11(6-7-16-10)15(20)18-17-9-12-4-3-5-13(21-2)14(12)19/h3-9,19H,1-2H3,(H,18,20)/b17-9+. The van der Waals surface area contributed by atoms with Gasteiger partial charge in [0.05, 0.1) is 13.3 Å². The number of ether oxygens (including phenoxy) is 1. The molecule has 1 aromatic heterocycles. The van der Waals surface area contributed by atoms with Gasteiger partial charge < -0.3 is 9.84 Å². The van der Waals surface area contributed by atoms with Crippen molar-refractivity contribution in [1.29, 1.82) is 0 Å². The van der Waals surface area contributed by atoms with Crippen molar-refractivity contribution in [3.05, 3.63) is 53.3 Å². The van der Waals surface area contributed by atoms with E-state index in [-0.39, 0.29) is 11.7 Å². The molecule has 1 amide bonds. The molecule has 0 saturated heterocycles. The van der Waals surface area contributed by atoms with Gasteiger partial charge >= 0.3 is 0 Å². The number of hydrogen-bond acceptors (Lipinski definition) is 5. The number of aromatic nitrogens is 1. The van der Waals surface area contributed by atoms with Crippen LogP contribution in [0.4, 0.5) is 0 Å². The minimum atomic E-state index is -0.348. The van der Waals surface area contributed by atoms with Crippen molar-refractivity contribution in [3.63, 3.8) is 0 Å². The average molecular weight is 285 g/mol. The topological polar surface area (TPSA) is 83.8 Å². The Morgan fingerprint density at radius 2 is 2.24 bits per heavy atom. The SMILES string of the molecule is COc1cccc(/C=N/NC(=O)c2ccnc(C)c2)c1O. The second kappa shape index (κ2) is 6.51. The Kier molecular flexibility index (Phi) is 4.50. The molecule has 21 heavy (non-hydrogen) atoms. The summed E-state index contributed by atoms with van der Waals surface area (Å²) in [7, 11) is 1.46. The Bertz CT molecular complexity index is 684. The van der Waals surface area contributed by atoms with E-state index >= 15 is 0 Å². The van der Waals surface area contributed by atoms with Crippen molar-refractivity contribution >= 4 is 12.1 Å². The fourth-order valence-electron chi connectivity index (χ4n) is 1.72. The maximum absolute atomic E-state index is 11.9. The third-order valence-corrected chi connectivity index (χ3v) is 2.78. The zero-order valence-electron chi connectivity index (χ0n) is 11.7. The highest BCUT2D eigenvalue weighted by Gasteiger charge is 2.06. The third kappa shape index (κ3) is 3.56. The summed E-state index contributed by atoms with van der Waals surface area (Å²) in [4.78, 5) is 15.9. The lowest BCUT2D eigenvalue weighted by molar-refractivity contribution is 0.0955. The summed E-state index contributed by atoms with van der Waals surface area (Å²) in [5.41, 5.74) is 4.05. The lowest BCUT2D eigenvalue weighted by Crippen LogP contribution is -2.17. The summed E-state index contributed by atoms with van der Waals surface area (Å²) in [6.45, 7) is 1.80. The molecule has 1 aromatic carbocycles. The van der Waals surface area contributed by atoms with Crippen molar-refractivity contribution in [2.24, 2.45) is 5.10 Å². The molecule has 2 aromatic rings. The van der Waals surface area contributed by atoms with Crippen LogP contribution in [0.1, 0.15) is 21.6 Å². The van der Waals surface area contributed by atoms with E-state index in [2.05, 4.69) is 15.5 Å². The maximum atomic E-state index is 11.9. The van der Waals surface area contributed by atoms with E-state index < -0.39 is 0 Å². The number of phenols is 1. The van der Waals surface area contributed by atoms with Crippen LogP contribution in [-0.4, -0.2) is 29.3 Å². The van der Waals surface area contributed by atoms with Crippen LogP contribution in [0.3, 0.4) is 0 Å². The number of carbonyl (C=O) groups is 1. The molecule has 0 saturated carbocycles. The van der Waals surface area contributed by atoms with Crippen molar-refractivity contribution in [3.8, 4) is 11.5 Å². The number of nitrogens with zero attached hydrogens (tertiary/aromatic N) is 2. The highest BCUT2D eigenvalue weighted by Crippen LogP contribution is 2.27. The van der Waals surface area contributed by atoms with Crippen molar-refractivity contribution in [2.45, 2.75) is 6.92 Å². The zero-order chi connectivity index (χ0) is 15.2. The van der Waals surface area contributed by atoms with Gasteiger partial charge in [-0.05, 0) is 31.2 Å². The molecule has 6 heteroatoms. The van der Waals surface area contributed by atoms with E-state index in [9.17, 15) is 9.90 Å². The van der Waals surface area contributed by atoms with E-state index in [1.165, 1.54) is 13.3 Å². The Balaban J connectivity index is 2.07. The number of amides is 1. The van der Waals surface area contributed by atoms with Gasteiger partial charge in [0, 0.05) is 23.0 Å². The minimum Gasteiger partial charge on any atom is -0.504 e. The highest BCUT2D eigenvalue weighted by atomic mass is 16.5. The Morgan fingerprint density at radius 3 is 2.95 bits per heavy atom. The number of phenolic OH excluding ortho intramolecular Hbond substituents is 1. The average Bonchev–Trinajstić information content (AvgIpc) is 2.49. The van der Waals surface area contributed by atoms with Gasteiger partial charge in [0.1, 0.15) is 0 Å². The maximum Gasteiger partial charge on any atom is 0.271 e. The molecule has 2 N–H and O–H groups in total. The van der Waals surface area contributed by atoms with Crippen LogP contribution in [0, 0.1) is 6.92 Å². The summed E-state index contributed by atoms with van der Waals surface area (Å²) in [5, 5.41) is 13.7. The van der Waals surface area contributed by atoms with Gasteiger partial charge in [-0.15, -0.1) is 0 Å². The number of carbonyl (C=O) groups excluding carboxylic acids is 1. The van der Waals surface area contributed by atoms with Crippen LogP contribution in [0.2, 0.25) is 0 Å². The molecule has 6 nitrogen and oxygen atoms in total. The fourth-order valence-corrected chi connectivity index (χ4v) is 1.72. The van der Waals surface area contributed by atoms with Crippen molar-refractivity contribution in [1.82, 2.24) is 10.4 Å². The van der Waals surface area contributed by atoms with Gasteiger partial charge in [-0.2, -0.15) is 5.10 Å². The first-order chi connectivity index (χ1) is 10.1. The number of methoxy groups -OCH3 is 1. The number of pyridine rings is 1. The summed E-state index contributed by atoms with van der Waals surface area (Å²) in [6.07, 6.45) is 2.91. The molecule has 0 aliphatic heterocycles. The lowest BCUT2D eigenvalue weighted by Gasteiger charge is -2.05. The minimum absolute atomic E-state index is 0.0299. The molecule has 108 valence electrons. The Morgan fingerprint density at radius 1 is 1.43 bits per heavy atom. The third-order valence-electron chi connectivity index (χ3n) is 2.78. The summed E-state index contributed by atoms with van der Waals surface area (Å²) in [5.74, 6) is -0.0353. The second-order valence-corrected chi connectivity index (χ2v) is 4.28. The summed E-state index contributed by atoms with van der Waals surface area (Å²) < 4.78 is 4.99. The normalized spacial score (nSPS) is 10.6. The predicted molar refractivity (Wildman–Crippen MR) is 78.7 cm³/mol. The summed E-state index contributed by atoms with van der Waals surface area (Å²) in [6, 6.07) is 8.26. The number of aryl methyl sites for hydroxylation is 1. The van der Waals surface area contributed by atoms with E-state index in [1.807, 2.05) is 0 Å². The zero-order valence-corrected chi connectivity index (χ0v) is 11.7. The van der Waals surface area contributed by atoms with Gasteiger partial charge in [-0.3, -0.25) is 9.78 Å². The van der Waals surface area contributed by atoms with E-state index in [0.717, 1.165) is 5.69 Å². The van der Waals surface area contributed by atoms with Gasteiger partial charge in [0.2, 0.25) is 0 Å². The molecule has 0 aliphatic rings. The molecular formula is C15H15N3O3.